The van der Waals surface area contributed by atoms with Crippen molar-refractivity contribution in [2.24, 2.45) is 5.73 Å². The van der Waals surface area contributed by atoms with E-state index in [0.29, 0.717) is 4.99 Å². The average Bonchev–Trinajstić information content (AvgIpc) is 2.46. The van der Waals surface area contributed by atoms with E-state index in [1.165, 1.54) is 0 Å². The molecule has 0 heterocycles. The van der Waals surface area contributed by atoms with E-state index in [2.05, 4.69) is 5.32 Å². The molecule has 0 aromatic heterocycles. The lowest BCUT2D eigenvalue weighted by Crippen LogP contribution is -2.11. The standard InChI is InChI=1S/C16H18N2O2S/c1-10-8-11(4-6-13(10)16(17)21)18-14-9-12(19-2)5-7-15(14)20-3/h4-9,18H,1-3H3,(H2,17,21). The van der Waals surface area contributed by atoms with E-state index in [1.807, 2.05) is 43.3 Å². The van der Waals surface area contributed by atoms with Gasteiger partial charge in [-0.1, -0.05) is 12.2 Å². The van der Waals surface area contributed by atoms with Gasteiger partial charge >= 0.3 is 0 Å². The summed E-state index contributed by atoms with van der Waals surface area (Å²) < 4.78 is 10.6. The zero-order chi connectivity index (χ0) is 15.4. The number of aryl methyl sites for hydroxylation is 1. The summed E-state index contributed by atoms with van der Waals surface area (Å²) in [6.07, 6.45) is 0. The monoisotopic (exact) mass is 302 g/mol. The topological polar surface area (TPSA) is 56.5 Å². The maximum Gasteiger partial charge on any atom is 0.142 e. The van der Waals surface area contributed by atoms with Crippen LogP contribution >= 0.6 is 12.2 Å². The number of anilines is 2. The number of hydrogen-bond acceptors (Lipinski definition) is 4. The summed E-state index contributed by atoms with van der Waals surface area (Å²) in [4.78, 5) is 0.401. The lowest BCUT2D eigenvalue weighted by molar-refractivity contribution is 0.405. The van der Waals surface area contributed by atoms with Crippen LogP contribution in [0.4, 0.5) is 11.4 Å². The maximum atomic E-state index is 5.68. The fourth-order valence-corrected chi connectivity index (χ4v) is 2.31. The van der Waals surface area contributed by atoms with Gasteiger partial charge < -0.3 is 20.5 Å². The molecule has 21 heavy (non-hydrogen) atoms. The minimum atomic E-state index is 0.401. The number of nitrogens with two attached hydrogens (primary N) is 1. The summed E-state index contributed by atoms with van der Waals surface area (Å²) in [6, 6.07) is 11.4. The molecule has 0 radical (unpaired) electrons. The average molecular weight is 302 g/mol. The number of nitrogens with one attached hydrogen (secondary N) is 1. The van der Waals surface area contributed by atoms with Crippen LogP contribution in [0.2, 0.25) is 0 Å². The lowest BCUT2D eigenvalue weighted by Gasteiger charge is -2.14. The molecule has 0 saturated carbocycles. The van der Waals surface area contributed by atoms with Crippen molar-refractivity contribution < 1.29 is 9.47 Å². The summed E-state index contributed by atoms with van der Waals surface area (Å²) in [7, 11) is 3.26. The number of ether oxygens (including phenoxy) is 2. The third kappa shape index (κ3) is 3.44. The summed E-state index contributed by atoms with van der Waals surface area (Å²) >= 11 is 5.02. The Labute approximate surface area is 129 Å². The van der Waals surface area contributed by atoms with Gasteiger partial charge in [0.05, 0.1) is 19.9 Å². The van der Waals surface area contributed by atoms with Gasteiger partial charge in [0.2, 0.25) is 0 Å². The van der Waals surface area contributed by atoms with Gasteiger partial charge in [0.15, 0.2) is 0 Å². The molecule has 4 nitrogen and oxygen atoms in total. The highest BCUT2D eigenvalue weighted by Crippen LogP contribution is 2.31. The lowest BCUT2D eigenvalue weighted by atomic mass is 10.1. The van der Waals surface area contributed by atoms with Gasteiger partial charge in [-0.25, -0.2) is 0 Å². The Bertz CT molecular complexity index is 671. The molecule has 5 heteroatoms. The van der Waals surface area contributed by atoms with Gasteiger partial charge in [0.25, 0.3) is 0 Å². The van der Waals surface area contributed by atoms with Crippen molar-refractivity contribution in [2.45, 2.75) is 6.92 Å². The highest BCUT2D eigenvalue weighted by molar-refractivity contribution is 7.80. The van der Waals surface area contributed by atoms with Gasteiger partial charge in [-0.2, -0.15) is 0 Å². The Morgan fingerprint density at radius 1 is 1.10 bits per heavy atom. The molecule has 0 aliphatic carbocycles. The summed E-state index contributed by atoms with van der Waals surface area (Å²) in [6.45, 7) is 1.97. The maximum absolute atomic E-state index is 5.68. The van der Waals surface area contributed by atoms with Crippen molar-refractivity contribution in [1.82, 2.24) is 0 Å². The van der Waals surface area contributed by atoms with E-state index in [0.717, 1.165) is 34.0 Å². The molecule has 2 aromatic rings. The van der Waals surface area contributed by atoms with E-state index in [9.17, 15) is 0 Å². The van der Waals surface area contributed by atoms with Gasteiger partial charge in [0, 0.05) is 17.3 Å². The van der Waals surface area contributed by atoms with Crippen LogP contribution in [0.5, 0.6) is 11.5 Å². The fourth-order valence-electron chi connectivity index (χ4n) is 2.09. The molecule has 0 aliphatic rings. The van der Waals surface area contributed by atoms with Gasteiger partial charge in [0.1, 0.15) is 16.5 Å². The van der Waals surface area contributed by atoms with Crippen molar-refractivity contribution in [1.29, 1.82) is 0 Å². The quantitative estimate of drug-likeness (QED) is 0.829. The smallest absolute Gasteiger partial charge is 0.142 e. The first kappa shape index (κ1) is 15.1. The summed E-state index contributed by atoms with van der Waals surface area (Å²) in [5, 5.41) is 3.32. The second-order valence-electron chi connectivity index (χ2n) is 4.59. The van der Waals surface area contributed by atoms with Gasteiger partial charge in [-0.15, -0.1) is 0 Å². The van der Waals surface area contributed by atoms with E-state index < -0.39 is 0 Å². The predicted molar refractivity (Wildman–Crippen MR) is 89.9 cm³/mol. The number of rotatable bonds is 5. The molecular formula is C16H18N2O2S. The van der Waals surface area contributed by atoms with Crippen LogP contribution in [0, 0.1) is 6.92 Å². The Balaban J connectivity index is 2.33. The third-order valence-corrected chi connectivity index (χ3v) is 3.40. The first-order valence-corrected chi connectivity index (χ1v) is 6.85. The van der Waals surface area contributed by atoms with E-state index in [-0.39, 0.29) is 0 Å². The van der Waals surface area contributed by atoms with Crippen LogP contribution in [0.25, 0.3) is 0 Å². The van der Waals surface area contributed by atoms with Crippen molar-refractivity contribution >= 4 is 28.6 Å². The predicted octanol–water partition coefficient (Wildman–Crippen LogP) is 3.39. The summed E-state index contributed by atoms with van der Waals surface area (Å²) in [5.41, 5.74) is 9.34. The molecule has 0 unspecified atom stereocenters. The zero-order valence-electron chi connectivity index (χ0n) is 12.3. The Morgan fingerprint density at radius 2 is 1.86 bits per heavy atom. The number of thiocarbonyl (C=S) groups is 1. The van der Waals surface area contributed by atoms with E-state index >= 15 is 0 Å². The Kier molecular flexibility index (Phi) is 4.65. The number of benzene rings is 2. The molecule has 0 fully saturated rings. The van der Waals surface area contributed by atoms with Crippen molar-refractivity contribution in [3.05, 3.63) is 47.5 Å². The van der Waals surface area contributed by atoms with E-state index in [4.69, 9.17) is 27.4 Å². The molecular weight excluding hydrogens is 284 g/mol. The molecule has 2 rings (SSSR count). The van der Waals surface area contributed by atoms with Crippen molar-refractivity contribution in [3.8, 4) is 11.5 Å². The zero-order valence-corrected chi connectivity index (χ0v) is 13.1. The van der Waals surface area contributed by atoms with Crippen LogP contribution in [0.1, 0.15) is 11.1 Å². The molecule has 110 valence electrons. The molecule has 0 aliphatic heterocycles. The van der Waals surface area contributed by atoms with E-state index in [1.54, 1.807) is 14.2 Å². The van der Waals surface area contributed by atoms with Crippen molar-refractivity contribution in [2.75, 3.05) is 19.5 Å². The second kappa shape index (κ2) is 6.45. The highest BCUT2D eigenvalue weighted by Gasteiger charge is 2.07. The number of methoxy groups -OCH3 is 2. The fraction of sp³-hybridized carbons (Fsp3) is 0.188. The molecule has 0 bridgehead atoms. The molecule has 0 saturated heterocycles. The minimum absolute atomic E-state index is 0.401. The Hall–Kier alpha value is -2.27. The molecule has 0 spiro atoms. The normalized spacial score (nSPS) is 10.0. The Morgan fingerprint density at radius 3 is 2.43 bits per heavy atom. The van der Waals surface area contributed by atoms with Crippen LogP contribution in [-0.2, 0) is 0 Å². The van der Waals surface area contributed by atoms with Gasteiger partial charge in [-0.05, 0) is 42.8 Å². The molecule has 3 N–H and O–H groups in total. The number of hydrogen-bond donors (Lipinski definition) is 2. The molecule has 2 aromatic carbocycles. The van der Waals surface area contributed by atoms with Crippen molar-refractivity contribution in [3.63, 3.8) is 0 Å². The first-order valence-electron chi connectivity index (χ1n) is 6.44. The van der Waals surface area contributed by atoms with Crippen LogP contribution < -0.4 is 20.5 Å². The van der Waals surface area contributed by atoms with Crippen LogP contribution in [0.15, 0.2) is 36.4 Å². The SMILES string of the molecule is COc1ccc(OC)c(Nc2ccc(C(N)=S)c(C)c2)c1. The first-order chi connectivity index (χ1) is 10.0. The summed E-state index contributed by atoms with van der Waals surface area (Å²) in [5.74, 6) is 1.50. The second-order valence-corrected chi connectivity index (χ2v) is 5.02. The minimum Gasteiger partial charge on any atom is -0.497 e. The third-order valence-electron chi connectivity index (χ3n) is 3.18. The molecule has 0 atom stereocenters. The highest BCUT2D eigenvalue weighted by atomic mass is 32.1. The largest absolute Gasteiger partial charge is 0.497 e. The molecule has 0 amide bonds. The van der Waals surface area contributed by atoms with Crippen LogP contribution in [-0.4, -0.2) is 19.2 Å². The van der Waals surface area contributed by atoms with Crippen LogP contribution in [0.3, 0.4) is 0 Å². The van der Waals surface area contributed by atoms with Gasteiger partial charge in [-0.3, -0.25) is 0 Å².